The van der Waals surface area contributed by atoms with Gasteiger partial charge in [-0.05, 0) is 44.0 Å². The van der Waals surface area contributed by atoms with Gasteiger partial charge in [-0.3, -0.25) is 4.79 Å². The topological polar surface area (TPSA) is 49.3 Å². The van der Waals surface area contributed by atoms with Crippen LogP contribution in [0.5, 0.6) is 5.75 Å². The lowest BCUT2D eigenvalue weighted by atomic mass is 10.1. The minimum absolute atomic E-state index is 0.0567. The van der Waals surface area contributed by atoms with Gasteiger partial charge in [0, 0.05) is 17.5 Å². The second-order valence-corrected chi connectivity index (χ2v) is 4.57. The molecule has 1 aromatic rings. The normalized spacial score (nSPS) is 12.2. The molecule has 88 valence electrons. The Labute approximate surface area is 100 Å². The smallest absolute Gasteiger partial charge is 0.251 e. The molecule has 0 bridgehead atoms. The Morgan fingerprint density at radius 2 is 2.25 bits per heavy atom. The summed E-state index contributed by atoms with van der Waals surface area (Å²) in [6.45, 7) is 4.24. The van der Waals surface area contributed by atoms with Crippen molar-refractivity contribution in [3.8, 4) is 5.75 Å². The number of benzene rings is 1. The van der Waals surface area contributed by atoms with Gasteiger partial charge in [-0.25, -0.2) is 0 Å². The fourth-order valence-corrected chi connectivity index (χ4v) is 1.49. The SMILES string of the molecule is Cc1cc(O)ccc1C(=O)NCCC(C)Cl. The number of amides is 1. The maximum absolute atomic E-state index is 11.7. The zero-order valence-corrected chi connectivity index (χ0v) is 10.2. The second-order valence-electron chi connectivity index (χ2n) is 3.82. The molecule has 2 N–H and O–H groups in total. The molecule has 0 aromatic heterocycles. The molecular formula is C12H16ClNO2. The highest BCUT2D eigenvalue weighted by Gasteiger charge is 2.08. The van der Waals surface area contributed by atoms with Crippen LogP contribution in [0.15, 0.2) is 18.2 Å². The van der Waals surface area contributed by atoms with Crippen LogP contribution < -0.4 is 5.32 Å². The van der Waals surface area contributed by atoms with E-state index in [2.05, 4.69) is 5.32 Å². The Balaban J connectivity index is 2.59. The molecular weight excluding hydrogens is 226 g/mol. The average Bonchev–Trinajstić information content (AvgIpc) is 2.16. The number of hydrogen-bond donors (Lipinski definition) is 2. The monoisotopic (exact) mass is 241 g/mol. The van der Waals surface area contributed by atoms with Crippen molar-refractivity contribution in [2.24, 2.45) is 0 Å². The predicted octanol–water partition coefficient (Wildman–Crippen LogP) is 2.45. The molecule has 0 saturated carbocycles. The molecule has 1 unspecified atom stereocenters. The van der Waals surface area contributed by atoms with E-state index in [1.807, 2.05) is 6.92 Å². The Bertz CT molecular complexity index is 377. The number of aromatic hydroxyl groups is 1. The molecule has 0 aliphatic carbocycles. The highest BCUT2D eigenvalue weighted by atomic mass is 35.5. The first-order valence-corrected chi connectivity index (χ1v) is 5.66. The van der Waals surface area contributed by atoms with Gasteiger partial charge in [0.2, 0.25) is 0 Å². The van der Waals surface area contributed by atoms with Crippen molar-refractivity contribution in [1.29, 1.82) is 0 Å². The largest absolute Gasteiger partial charge is 0.508 e. The molecule has 0 spiro atoms. The van der Waals surface area contributed by atoms with Crippen molar-refractivity contribution in [1.82, 2.24) is 5.32 Å². The van der Waals surface area contributed by atoms with Crippen molar-refractivity contribution in [3.05, 3.63) is 29.3 Å². The fourth-order valence-electron chi connectivity index (χ4n) is 1.38. The number of rotatable bonds is 4. The van der Waals surface area contributed by atoms with E-state index in [0.717, 1.165) is 12.0 Å². The van der Waals surface area contributed by atoms with Crippen LogP contribution in [0.1, 0.15) is 29.3 Å². The third-order valence-corrected chi connectivity index (χ3v) is 2.50. The molecule has 16 heavy (non-hydrogen) atoms. The maximum Gasteiger partial charge on any atom is 0.251 e. The van der Waals surface area contributed by atoms with E-state index in [1.54, 1.807) is 19.1 Å². The van der Waals surface area contributed by atoms with Crippen molar-refractivity contribution in [3.63, 3.8) is 0 Å². The van der Waals surface area contributed by atoms with Gasteiger partial charge in [-0.1, -0.05) is 0 Å². The molecule has 1 amide bonds. The lowest BCUT2D eigenvalue weighted by Gasteiger charge is -2.08. The summed E-state index contributed by atoms with van der Waals surface area (Å²) in [4.78, 5) is 11.7. The van der Waals surface area contributed by atoms with Gasteiger partial charge in [-0.2, -0.15) is 0 Å². The predicted molar refractivity (Wildman–Crippen MR) is 65.1 cm³/mol. The molecule has 0 aliphatic heterocycles. The Morgan fingerprint density at radius 3 is 2.81 bits per heavy atom. The lowest BCUT2D eigenvalue weighted by molar-refractivity contribution is 0.0952. The molecule has 1 atom stereocenters. The molecule has 0 saturated heterocycles. The van der Waals surface area contributed by atoms with Gasteiger partial charge in [0.1, 0.15) is 5.75 Å². The van der Waals surface area contributed by atoms with E-state index in [9.17, 15) is 9.90 Å². The van der Waals surface area contributed by atoms with Crippen LogP contribution in [-0.4, -0.2) is 22.9 Å². The number of halogens is 1. The zero-order chi connectivity index (χ0) is 12.1. The molecule has 0 fully saturated rings. The van der Waals surface area contributed by atoms with Crippen LogP contribution in [0.2, 0.25) is 0 Å². The first-order valence-electron chi connectivity index (χ1n) is 5.22. The van der Waals surface area contributed by atoms with E-state index >= 15 is 0 Å². The summed E-state index contributed by atoms with van der Waals surface area (Å²) >= 11 is 5.77. The van der Waals surface area contributed by atoms with E-state index in [0.29, 0.717) is 12.1 Å². The van der Waals surface area contributed by atoms with Crippen molar-refractivity contribution in [2.75, 3.05) is 6.54 Å². The molecule has 0 aliphatic rings. The second kappa shape index (κ2) is 5.75. The summed E-state index contributed by atoms with van der Waals surface area (Å²) in [5.41, 5.74) is 1.34. The standard InChI is InChI=1S/C12H16ClNO2/c1-8-7-10(15)3-4-11(8)12(16)14-6-5-9(2)13/h3-4,7,9,15H,5-6H2,1-2H3,(H,14,16). The lowest BCUT2D eigenvalue weighted by Crippen LogP contribution is -2.26. The number of carbonyl (C=O) groups is 1. The van der Waals surface area contributed by atoms with E-state index < -0.39 is 0 Å². The number of nitrogens with one attached hydrogen (secondary N) is 1. The summed E-state index contributed by atoms with van der Waals surface area (Å²) in [6, 6.07) is 4.69. The highest BCUT2D eigenvalue weighted by molar-refractivity contribution is 6.20. The van der Waals surface area contributed by atoms with Crippen LogP contribution in [0, 0.1) is 6.92 Å². The van der Waals surface area contributed by atoms with Crippen LogP contribution >= 0.6 is 11.6 Å². The molecule has 4 heteroatoms. The van der Waals surface area contributed by atoms with E-state index in [4.69, 9.17) is 11.6 Å². The van der Waals surface area contributed by atoms with Gasteiger partial charge >= 0.3 is 0 Å². The molecule has 1 aromatic carbocycles. The summed E-state index contributed by atoms with van der Waals surface area (Å²) in [6.07, 6.45) is 0.741. The van der Waals surface area contributed by atoms with Crippen LogP contribution in [0.3, 0.4) is 0 Å². The minimum Gasteiger partial charge on any atom is -0.508 e. The quantitative estimate of drug-likeness (QED) is 0.796. The zero-order valence-electron chi connectivity index (χ0n) is 9.46. The number of phenols is 1. The van der Waals surface area contributed by atoms with Crippen molar-refractivity contribution >= 4 is 17.5 Å². The van der Waals surface area contributed by atoms with Crippen LogP contribution in [-0.2, 0) is 0 Å². The first-order chi connectivity index (χ1) is 7.50. The third-order valence-electron chi connectivity index (χ3n) is 2.28. The van der Waals surface area contributed by atoms with Gasteiger partial charge in [0.15, 0.2) is 0 Å². The van der Waals surface area contributed by atoms with Crippen LogP contribution in [0.25, 0.3) is 0 Å². The van der Waals surface area contributed by atoms with Gasteiger partial charge in [0.05, 0.1) is 0 Å². The summed E-state index contributed by atoms with van der Waals surface area (Å²) < 4.78 is 0. The average molecular weight is 242 g/mol. The maximum atomic E-state index is 11.7. The molecule has 0 radical (unpaired) electrons. The first kappa shape index (κ1) is 12.8. The highest BCUT2D eigenvalue weighted by Crippen LogP contribution is 2.15. The minimum atomic E-state index is -0.130. The number of aryl methyl sites for hydroxylation is 1. The van der Waals surface area contributed by atoms with Gasteiger partial charge < -0.3 is 10.4 Å². The third kappa shape index (κ3) is 3.74. The summed E-state index contributed by atoms with van der Waals surface area (Å²) in [7, 11) is 0. The molecule has 0 heterocycles. The van der Waals surface area contributed by atoms with Gasteiger partial charge in [-0.15, -0.1) is 11.6 Å². The Hall–Kier alpha value is -1.22. The molecule has 3 nitrogen and oxygen atoms in total. The molecule has 1 rings (SSSR count). The van der Waals surface area contributed by atoms with Gasteiger partial charge in [0.25, 0.3) is 5.91 Å². The Morgan fingerprint density at radius 1 is 1.56 bits per heavy atom. The van der Waals surface area contributed by atoms with Crippen LogP contribution in [0.4, 0.5) is 0 Å². The van der Waals surface area contributed by atoms with E-state index in [-0.39, 0.29) is 17.0 Å². The van der Waals surface area contributed by atoms with Crippen molar-refractivity contribution in [2.45, 2.75) is 25.6 Å². The van der Waals surface area contributed by atoms with Crippen molar-refractivity contribution < 1.29 is 9.90 Å². The number of alkyl halides is 1. The number of carbonyl (C=O) groups excluding carboxylic acids is 1. The van der Waals surface area contributed by atoms with E-state index in [1.165, 1.54) is 6.07 Å². The number of hydrogen-bond acceptors (Lipinski definition) is 2. The summed E-state index contributed by atoms with van der Waals surface area (Å²) in [5, 5.41) is 12.1. The number of phenolic OH excluding ortho intramolecular Hbond substituents is 1. The Kier molecular flexibility index (Phi) is 4.62. The fraction of sp³-hybridized carbons (Fsp3) is 0.417. The summed E-state index contributed by atoms with van der Waals surface area (Å²) in [5.74, 6) is 0.0400.